The maximum absolute atomic E-state index is 8.80. The first-order chi connectivity index (χ1) is 9.40. The summed E-state index contributed by atoms with van der Waals surface area (Å²) >= 11 is 0. The van der Waals surface area contributed by atoms with E-state index in [1.165, 1.54) is 0 Å². The fraction of sp³-hybridized carbons (Fsp3) is 0.0833. The molecule has 0 fully saturated rings. The normalized spacial score (nSPS) is 16.9. The van der Waals surface area contributed by atoms with Gasteiger partial charge in [0.2, 0.25) is 0 Å². The third-order valence-electron chi connectivity index (χ3n) is 2.21. The van der Waals surface area contributed by atoms with Crippen LogP contribution in [0, 0.1) is 0 Å². The van der Waals surface area contributed by atoms with Crippen molar-refractivity contribution in [3.8, 4) is 0 Å². The molecule has 3 N–H and O–H groups in total. The first-order valence-electron chi connectivity index (χ1n) is 5.48. The van der Waals surface area contributed by atoms with Crippen LogP contribution in [0.4, 0.5) is 5.69 Å². The molecule has 0 saturated carbocycles. The molecule has 1 atom stereocenters. The predicted molar refractivity (Wildman–Crippen MR) is 74.9 cm³/mol. The summed E-state index contributed by atoms with van der Waals surface area (Å²) in [7, 11) is -4.67. The minimum absolute atomic E-state index is 0.0672. The Morgan fingerprint density at radius 1 is 1.15 bits per heavy atom. The highest BCUT2D eigenvalue weighted by Gasteiger charge is 2.19. The number of anilines is 1. The molecule has 0 heterocycles. The minimum atomic E-state index is -4.67. The van der Waals surface area contributed by atoms with Gasteiger partial charge in [0.25, 0.3) is 0 Å². The van der Waals surface area contributed by atoms with Gasteiger partial charge in [-0.1, -0.05) is 36.4 Å². The lowest BCUT2D eigenvalue weighted by Crippen LogP contribution is -2.28. The zero-order valence-electron chi connectivity index (χ0n) is 10.3. The average Bonchev–Trinajstić information content (AvgIpc) is 2.39. The molecule has 0 aromatic heterocycles. The molecule has 0 saturated heterocycles. The number of hydrogen-bond donors (Lipinski definition) is 3. The maximum Gasteiger partial charge on any atom is 0.394 e. The van der Waals surface area contributed by atoms with Gasteiger partial charge in [-0.15, -0.1) is 0 Å². The van der Waals surface area contributed by atoms with Crippen LogP contribution in [0.25, 0.3) is 5.53 Å². The van der Waals surface area contributed by atoms with Crippen molar-refractivity contribution in [2.45, 2.75) is 6.04 Å². The zero-order chi connectivity index (χ0) is 15.0. The monoisotopic (exact) mass is 295 g/mol. The third kappa shape index (κ3) is 6.62. The van der Waals surface area contributed by atoms with Crippen LogP contribution in [0.5, 0.6) is 0 Å². The molecule has 20 heavy (non-hydrogen) atoms. The standard InChI is InChI=1S/C12H11N3.H2O4S/c13-15-12-9-5-4-8-11(12)14-10-6-2-1-3-7-10;1-5(2,3)4/h1-9,11,14H;(H2,1,2,3,4). The van der Waals surface area contributed by atoms with E-state index in [1.54, 1.807) is 6.08 Å². The van der Waals surface area contributed by atoms with E-state index in [0.29, 0.717) is 5.71 Å². The van der Waals surface area contributed by atoms with Crippen molar-refractivity contribution in [3.63, 3.8) is 0 Å². The van der Waals surface area contributed by atoms with Gasteiger partial charge in [-0.05, 0) is 12.1 Å². The Balaban J connectivity index is 0.000000347. The number of allylic oxidation sites excluding steroid dienone is 2. The highest BCUT2D eigenvalue weighted by molar-refractivity contribution is 7.79. The van der Waals surface area contributed by atoms with Crippen LogP contribution < -0.4 is 5.32 Å². The summed E-state index contributed by atoms with van der Waals surface area (Å²) in [6, 6.07) is 9.76. The van der Waals surface area contributed by atoms with Crippen molar-refractivity contribution >= 4 is 21.8 Å². The summed E-state index contributed by atoms with van der Waals surface area (Å²) in [5, 5.41) is 3.25. The van der Waals surface area contributed by atoms with Crippen LogP contribution in [-0.2, 0) is 10.4 Å². The third-order valence-corrected chi connectivity index (χ3v) is 2.21. The van der Waals surface area contributed by atoms with Gasteiger partial charge in [0.15, 0.2) is 0 Å². The minimum Gasteiger partial charge on any atom is -0.369 e. The van der Waals surface area contributed by atoms with Gasteiger partial charge in [-0.2, -0.15) is 13.2 Å². The molecule has 2 rings (SSSR count). The summed E-state index contributed by atoms with van der Waals surface area (Å²) in [6.07, 6.45) is 7.50. The van der Waals surface area contributed by atoms with Crippen molar-refractivity contribution in [1.82, 2.24) is 0 Å². The molecule has 0 bridgehead atoms. The summed E-state index contributed by atoms with van der Waals surface area (Å²) in [5.74, 6) is 0. The summed E-state index contributed by atoms with van der Waals surface area (Å²) in [4.78, 5) is 3.24. The van der Waals surface area contributed by atoms with Crippen molar-refractivity contribution in [2.24, 2.45) is 0 Å². The maximum atomic E-state index is 8.80. The van der Waals surface area contributed by atoms with E-state index in [1.807, 2.05) is 48.6 Å². The van der Waals surface area contributed by atoms with Gasteiger partial charge >= 0.3 is 16.1 Å². The second-order valence-corrected chi connectivity index (χ2v) is 4.60. The number of para-hydroxylation sites is 1. The van der Waals surface area contributed by atoms with Crippen molar-refractivity contribution in [1.29, 1.82) is 0 Å². The first-order valence-corrected chi connectivity index (χ1v) is 6.88. The largest absolute Gasteiger partial charge is 0.394 e. The molecule has 0 amide bonds. The molecule has 1 aromatic rings. The second-order valence-electron chi connectivity index (χ2n) is 3.70. The van der Waals surface area contributed by atoms with Gasteiger partial charge < -0.3 is 10.8 Å². The molecule has 106 valence electrons. The Kier molecular flexibility index (Phi) is 5.82. The molecular formula is C12H13N3O4S. The van der Waals surface area contributed by atoms with Crippen LogP contribution in [0.3, 0.4) is 0 Å². The summed E-state index contributed by atoms with van der Waals surface area (Å²) < 4.78 is 31.6. The molecule has 1 aliphatic rings. The summed E-state index contributed by atoms with van der Waals surface area (Å²) in [5.41, 5.74) is 10.4. The Hall–Kier alpha value is -2.25. The van der Waals surface area contributed by atoms with E-state index in [-0.39, 0.29) is 6.04 Å². The molecule has 0 radical (unpaired) electrons. The molecule has 1 unspecified atom stereocenters. The van der Waals surface area contributed by atoms with Gasteiger partial charge in [-0.3, -0.25) is 9.11 Å². The lowest BCUT2D eigenvalue weighted by atomic mass is 10.1. The Bertz CT molecular complexity index is 639. The molecule has 0 spiro atoms. The fourth-order valence-corrected chi connectivity index (χ4v) is 1.46. The van der Waals surface area contributed by atoms with Crippen molar-refractivity contribution in [3.05, 3.63) is 60.2 Å². The topological polar surface area (TPSA) is 123 Å². The Labute approximate surface area is 116 Å². The average molecular weight is 295 g/mol. The van der Waals surface area contributed by atoms with Crippen LogP contribution in [0.2, 0.25) is 0 Å². The highest BCUT2D eigenvalue weighted by atomic mass is 32.3. The van der Waals surface area contributed by atoms with E-state index in [4.69, 9.17) is 23.1 Å². The lowest BCUT2D eigenvalue weighted by molar-refractivity contribution is -0.00617. The van der Waals surface area contributed by atoms with Gasteiger partial charge in [0.1, 0.15) is 6.04 Å². The number of nitrogens with one attached hydrogen (secondary N) is 1. The number of rotatable bonds is 2. The number of benzene rings is 1. The Morgan fingerprint density at radius 3 is 2.30 bits per heavy atom. The van der Waals surface area contributed by atoms with Crippen LogP contribution >= 0.6 is 0 Å². The summed E-state index contributed by atoms with van der Waals surface area (Å²) in [6.45, 7) is 0. The fourth-order valence-electron chi connectivity index (χ4n) is 1.46. The molecule has 8 heteroatoms. The number of hydrogen-bond acceptors (Lipinski definition) is 3. The van der Waals surface area contributed by atoms with E-state index in [2.05, 4.69) is 10.1 Å². The Morgan fingerprint density at radius 2 is 1.75 bits per heavy atom. The number of nitrogens with zero attached hydrogens (tertiary/aromatic N) is 2. The van der Waals surface area contributed by atoms with Crippen LogP contribution in [0.1, 0.15) is 0 Å². The molecule has 1 aromatic carbocycles. The van der Waals surface area contributed by atoms with Gasteiger partial charge in [-0.25, -0.2) is 0 Å². The smallest absolute Gasteiger partial charge is 0.369 e. The van der Waals surface area contributed by atoms with E-state index < -0.39 is 10.4 Å². The predicted octanol–water partition coefficient (Wildman–Crippen LogP) is 1.61. The van der Waals surface area contributed by atoms with E-state index in [9.17, 15) is 0 Å². The second kappa shape index (κ2) is 7.37. The van der Waals surface area contributed by atoms with Gasteiger partial charge in [0.05, 0.1) is 0 Å². The lowest BCUT2D eigenvalue weighted by Gasteiger charge is -2.12. The zero-order valence-corrected chi connectivity index (χ0v) is 11.1. The van der Waals surface area contributed by atoms with E-state index in [0.717, 1.165) is 5.69 Å². The highest BCUT2D eigenvalue weighted by Crippen LogP contribution is 2.10. The van der Waals surface area contributed by atoms with Crippen LogP contribution in [0.15, 0.2) is 54.6 Å². The van der Waals surface area contributed by atoms with Crippen LogP contribution in [-0.4, -0.2) is 34.1 Å². The van der Waals surface area contributed by atoms with Crippen molar-refractivity contribution in [2.75, 3.05) is 5.32 Å². The van der Waals surface area contributed by atoms with Crippen molar-refractivity contribution < 1.29 is 22.3 Å². The molecular weight excluding hydrogens is 282 g/mol. The molecule has 0 aliphatic heterocycles. The first kappa shape index (κ1) is 15.8. The quantitative estimate of drug-likeness (QED) is 0.434. The molecule has 7 nitrogen and oxygen atoms in total. The SMILES string of the molecule is O=S(=O)(O)O.[N-]=[N+]=C1C=CC=CC1Nc1ccccc1. The molecule has 1 aliphatic carbocycles. The van der Waals surface area contributed by atoms with E-state index >= 15 is 0 Å². The van der Waals surface area contributed by atoms with Gasteiger partial charge in [0, 0.05) is 11.8 Å².